The van der Waals surface area contributed by atoms with E-state index in [0.717, 1.165) is 38.5 Å². The second-order valence-electron chi connectivity index (χ2n) is 4.89. The van der Waals surface area contributed by atoms with Crippen LogP contribution in [-0.2, 0) is 22.6 Å². The second kappa shape index (κ2) is 9.89. The molecule has 0 spiro atoms. The topological polar surface area (TPSA) is 61.2 Å². The summed E-state index contributed by atoms with van der Waals surface area (Å²) in [5.74, 6) is 1.57. The third-order valence-corrected chi connectivity index (χ3v) is 2.59. The molecule has 0 aliphatic carbocycles. The average Bonchev–Trinajstić information content (AvgIpc) is 2.79. The summed E-state index contributed by atoms with van der Waals surface area (Å²) in [5.41, 5.74) is 0. The molecule has 0 bridgehead atoms. The van der Waals surface area contributed by atoms with Gasteiger partial charge in [0, 0.05) is 20.3 Å². The maximum Gasteiger partial charge on any atom is 0.140 e. The number of methoxy groups -OCH3 is 1. The van der Waals surface area contributed by atoms with E-state index in [1.807, 2.05) is 4.68 Å². The van der Waals surface area contributed by atoms with Gasteiger partial charge in [-0.05, 0) is 18.9 Å². The third kappa shape index (κ3) is 7.25. The number of rotatable bonds is 11. The Kier molecular flexibility index (Phi) is 8.36. The van der Waals surface area contributed by atoms with E-state index < -0.39 is 0 Å². The molecule has 0 radical (unpaired) electrons. The van der Waals surface area contributed by atoms with E-state index in [2.05, 4.69) is 29.2 Å². The highest BCUT2D eigenvalue weighted by molar-refractivity contribution is 4.83. The summed E-state index contributed by atoms with van der Waals surface area (Å²) in [6, 6.07) is 0. The summed E-state index contributed by atoms with van der Waals surface area (Å²) >= 11 is 0. The fraction of sp³-hybridized carbons (Fsp3) is 0.846. The fourth-order valence-electron chi connectivity index (χ4n) is 1.67. The van der Waals surface area contributed by atoms with Crippen molar-refractivity contribution in [1.29, 1.82) is 0 Å². The molecule has 0 fully saturated rings. The van der Waals surface area contributed by atoms with Crippen LogP contribution < -0.4 is 5.32 Å². The van der Waals surface area contributed by atoms with Gasteiger partial charge >= 0.3 is 0 Å². The minimum absolute atomic E-state index is 0.578. The minimum atomic E-state index is 0.578. The van der Waals surface area contributed by atoms with E-state index in [-0.39, 0.29) is 0 Å². The van der Waals surface area contributed by atoms with Crippen molar-refractivity contribution in [3.63, 3.8) is 0 Å². The van der Waals surface area contributed by atoms with Crippen molar-refractivity contribution in [1.82, 2.24) is 20.1 Å². The Labute approximate surface area is 115 Å². The number of hydrogen-bond acceptors (Lipinski definition) is 5. The van der Waals surface area contributed by atoms with Crippen LogP contribution in [-0.4, -0.2) is 48.2 Å². The molecule has 1 rings (SSSR count). The molecule has 0 amide bonds. The van der Waals surface area contributed by atoms with Crippen LogP contribution in [0.15, 0.2) is 6.33 Å². The summed E-state index contributed by atoms with van der Waals surface area (Å²) in [5, 5.41) is 7.59. The summed E-state index contributed by atoms with van der Waals surface area (Å²) in [4.78, 5) is 4.27. The molecule has 19 heavy (non-hydrogen) atoms. The van der Waals surface area contributed by atoms with E-state index in [0.29, 0.717) is 19.1 Å². The lowest BCUT2D eigenvalue weighted by Crippen LogP contribution is -2.21. The van der Waals surface area contributed by atoms with Crippen LogP contribution in [0.3, 0.4) is 0 Å². The molecule has 1 N–H and O–H groups in total. The van der Waals surface area contributed by atoms with Crippen LogP contribution in [0.5, 0.6) is 0 Å². The van der Waals surface area contributed by atoms with Crippen molar-refractivity contribution in [2.24, 2.45) is 5.92 Å². The van der Waals surface area contributed by atoms with E-state index in [9.17, 15) is 0 Å². The second-order valence-corrected chi connectivity index (χ2v) is 4.89. The van der Waals surface area contributed by atoms with Gasteiger partial charge in [0.05, 0.1) is 19.8 Å². The van der Waals surface area contributed by atoms with Crippen LogP contribution in [0.4, 0.5) is 0 Å². The number of hydrogen-bond donors (Lipinski definition) is 1. The molecule has 1 aromatic rings. The molecule has 110 valence electrons. The molecular weight excluding hydrogens is 244 g/mol. The summed E-state index contributed by atoms with van der Waals surface area (Å²) in [7, 11) is 1.68. The normalized spacial score (nSPS) is 11.4. The lowest BCUT2D eigenvalue weighted by atomic mass is 10.2. The van der Waals surface area contributed by atoms with Gasteiger partial charge in [-0.3, -0.25) is 0 Å². The van der Waals surface area contributed by atoms with Gasteiger partial charge in [0.15, 0.2) is 0 Å². The number of nitrogens with one attached hydrogen (secondary N) is 1. The lowest BCUT2D eigenvalue weighted by molar-refractivity contribution is 0.0694. The first-order valence-corrected chi connectivity index (χ1v) is 6.88. The van der Waals surface area contributed by atoms with Gasteiger partial charge in [-0.1, -0.05) is 13.8 Å². The Bertz CT molecular complexity index is 328. The number of nitrogens with zero attached hydrogens (tertiary/aromatic N) is 3. The number of aromatic nitrogens is 3. The zero-order chi connectivity index (χ0) is 13.9. The van der Waals surface area contributed by atoms with Crippen LogP contribution >= 0.6 is 0 Å². The van der Waals surface area contributed by atoms with Gasteiger partial charge in [0.2, 0.25) is 0 Å². The minimum Gasteiger partial charge on any atom is -0.382 e. The van der Waals surface area contributed by atoms with Gasteiger partial charge in [0.25, 0.3) is 0 Å². The molecule has 0 aliphatic heterocycles. The van der Waals surface area contributed by atoms with Crippen LogP contribution in [0.25, 0.3) is 0 Å². The zero-order valence-electron chi connectivity index (χ0n) is 12.3. The lowest BCUT2D eigenvalue weighted by Gasteiger charge is -2.09. The monoisotopic (exact) mass is 270 g/mol. The number of ether oxygens (including phenoxy) is 2. The van der Waals surface area contributed by atoms with Crippen molar-refractivity contribution in [3.05, 3.63) is 12.2 Å². The molecule has 1 aromatic heterocycles. The van der Waals surface area contributed by atoms with Crippen LogP contribution in [0.1, 0.15) is 26.1 Å². The molecule has 1 heterocycles. The SMILES string of the molecule is COCCOCCCNCc1ncnn1CC(C)C. The Morgan fingerprint density at radius 2 is 2.16 bits per heavy atom. The Morgan fingerprint density at radius 1 is 1.32 bits per heavy atom. The first kappa shape index (κ1) is 16.1. The zero-order valence-corrected chi connectivity index (χ0v) is 12.3. The average molecular weight is 270 g/mol. The highest BCUT2D eigenvalue weighted by atomic mass is 16.5. The summed E-state index contributed by atoms with van der Waals surface area (Å²) in [6.45, 7) is 9.02. The van der Waals surface area contributed by atoms with Gasteiger partial charge < -0.3 is 14.8 Å². The van der Waals surface area contributed by atoms with Crippen molar-refractivity contribution >= 4 is 0 Å². The predicted octanol–water partition coefficient (Wildman–Crippen LogP) is 1.08. The molecule has 0 saturated heterocycles. The molecule has 0 atom stereocenters. The molecule has 6 heteroatoms. The maximum atomic E-state index is 5.39. The Balaban J connectivity index is 2.07. The van der Waals surface area contributed by atoms with Crippen LogP contribution in [0, 0.1) is 5.92 Å². The molecule has 0 aromatic carbocycles. The Morgan fingerprint density at radius 3 is 2.89 bits per heavy atom. The fourth-order valence-corrected chi connectivity index (χ4v) is 1.67. The molecule has 0 aliphatic rings. The third-order valence-electron chi connectivity index (χ3n) is 2.59. The predicted molar refractivity (Wildman–Crippen MR) is 73.9 cm³/mol. The van der Waals surface area contributed by atoms with E-state index in [4.69, 9.17) is 9.47 Å². The molecule has 6 nitrogen and oxygen atoms in total. The smallest absolute Gasteiger partial charge is 0.140 e. The highest BCUT2D eigenvalue weighted by Gasteiger charge is 2.05. The maximum absolute atomic E-state index is 5.39. The van der Waals surface area contributed by atoms with Gasteiger partial charge in [-0.15, -0.1) is 0 Å². The quantitative estimate of drug-likeness (QED) is 0.610. The highest BCUT2D eigenvalue weighted by Crippen LogP contribution is 2.00. The van der Waals surface area contributed by atoms with Gasteiger partial charge in [-0.25, -0.2) is 9.67 Å². The summed E-state index contributed by atoms with van der Waals surface area (Å²) < 4.78 is 12.3. The molecule has 0 unspecified atom stereocenters. The largest absolute Gasteiger partial charge is 0.382 e. The van der Waals surface area contributed by atoms with Crippen LogP contribution in [0.2, 0.25) is 0 Å². The van der Waals surface area contributed by atoms with E-state index in [1.54, 1.807) is 13.4 Å². The van der Waals surface area contributed by atoms with E-state index >= 15 is 0 Å². The molecule has 0 saturated carbocycles. The van der Waals surface area contributed by atoms with Crippen molar-refractivity contribution in [2.75, 3.05) is 33.5 Å². The standard InChI is InChI=1S/C13H26N4O2/c1-12(2)10-17-13(15-11-16-17)9-14-5-4-6-19-8-7-18-3/h11-12,14H,4-10H2,1-3H3. The van der Waals surface area contributed by atoms with E-state index in [1.165, 1.54) is 0 Å². The van der Waals surface area contributed by atoms with Gasteiger partial charge in [0.1, 0.15) is 12.2 Å². The first-order chi connectivity index (χ1) is 9.24. The molecular formula is C13H26N4O2. The summed E-state index contributed by atoms with van der Waals surface area (Å²) in [6.07, 6.45) is 2.61. The van der Waals surface area contributed by atoms with Gasteiger partial charge in [-0.2, -0.15) is 5.10 Å². The Hall–Kier alpha value is -0.980. The van der Waals surface area contributed by atoms with Crippen molar-refractivity contribution < 1.29 is 9.47 Å². The van der Waals surface area contributed by atoms with Crippen molar-refractivity contribution in [2.45, 2.75) is 33.4 Å². The van der Waals surface area contributed by atoms with Crippen molar-refractivity contribution in [3.8, 4) is 0 Å². The first-order valence-electron chi connectivity index (χ1n) is 6.88.